The monoisotopic (exact) mass is 1100 g/mol. The zero-order valence-electron chi connectivity index (χ0n) is 51.5. The SMILES string of the molecule is CC/C=C\C/C=C\C/C=C\C/C=C\C/C=C\C/C=C\C/C=C\CCCC(=O)OC(COC(=O)CCCCCCCCCC)COC(=O)CCCCCCCCCCCCCC/C=C\C/C=C\C/C=C\C/C=C\C/C=C\C/C=C\CC. The Morgan fingerprint density at radius 2 is 0.500 bits per heavy atom. The molecule has 0 aliphatic carbocycles. The van der Waals surface area contributed by atoms with Gasteiger partial charge in [-0.05, 0) is 122 Å². The summed E-state index contributed by atoms with van der Waals surface area (Å²) in [6, 6.07) is 0. The molecule has 0 fully saturated rings. The number of ether oxygens (including phenoxy) is 3. The van der Waals surface area contributed by atoms with Crippen LogP contribution in [0.5, 0.6) is 0 Å². The van der Waals surface area contributed by atoms with Crippen LogP contribution in [0.15, 0.2) is 158 Å². The standard InChI is InChI=1S/C74H118O6/c1-4-7-10-13-16-19-21-23-25-27-29-31-33-34-35-36-37-38-39-40-42-43-45-47-49-51-53-55-58-61-64-67-73(76)79-70-71(69-78-72(75)66-63-60-57-18-15-12-9-6-3)80-74(77)68-65-62-59-56-54-52-50-48-46-44-41-32-30-28-26-24-22-20-17-14-11-8-5-2/h7-8,10-11,16-17,19-20,23-26,29-32,34-35,37-38,44,46,50,52,56,59,71H,4-6,9,12-15,18,21-22,27-28,33,36,39-43,45,47-49,51,53-55,57-58,60-70H2,1-3H3/b10-7-,11-8-,19-16-,20-17-,25-23-,26-24-,31-29-,32-30-,35-34-,38-37-,46-44-,52-50-,59-56-. The van der Waals surface area contributed by atoms with Crippen molar-refractivity contribution in [2.24, 2.45) is 0 Å². The van der Waals surface area contributed by atoms with Gasteiger partial charge < -0.3 is 14.2 Å². The molecule has 1 atom stereocenters. The third-order valence-electron chi connectivity index (χ3n) is 13.3. The highest BCUT2D eigenvalue weighted by Gasteiger charge is 2.19. The largest absolute Gasteiger partial charge is 0.462 e. The summed E-state index contributed by atoms with van der Waals surface area (Å²) in [5.74, 6) is -0.974. The van der Waals surface area contributed by atoms with Crippen LogP contribution in [0.4, 0.5) is 0 Å². The van der Waals surface area contributed by atoms with Crippen molar-refractivity contribution in [2.75, 3.05) is 13.2 Å². The molecule has 1 unspecified atom stereocenters. The summed E-state index contributed by atoms with van der Waals surface area (Å²) >= 11 is 0. The minimum Gasteiger partial charge on any atom is -0.462 e. The Balaban J connectivity index is 4.26. The molecule has 0 aliphatic rings. The summed E-state index contributed by atoms with van der Waals surface area (Å²) in [6.45, 7) is 6.33. The summed E-state index contributed by atoms with van der Waals surface area (Å²) in [5, 5.41) is 0. The van der Waals surface area contributed by atoms with Crippen molar-refractivity contribution in [1.29, 1.82) is 0 Å². The van der Waals surface area contributed by atoms with Crippen LogP contribution in [0.3, 0.4) is 0 Å². The van der Waals surface area contributed by atoms with Crippen molar-refractivity contribution in [2.45, 2.75) is 277 Å². The molecule has 0 rings (SSSR count). The van der Waals surface area contributed by atoms with E-state index < -0.39 is 6.10 Å². The second-order valence-corrected chi connectivity index (χ2v) is 20.9. The van der Waals surface area contributed by atoms with E-state index in [1.54, 1.807) is 0 Å². The Morgan fingerprint density at radius 3 is 0.800 bits per heavy atom. The first-order valence-electron chi connectivity index (χ1n) is 32.5. The Labute approximate surface area is 492 Å². The maximum atomic E-state index is 12.9. The van der Waals surface area contributed by atoms with E-state index in [4.69, 9.17) is 14.2 Å². The number of carbonyl (C=O) groups is 3. The van der Waals surface area contributed by atoms with Gasteiger partial charge in [0, 0.05) is 19.3 Å². The third-order valence-corrected chi connectivity index (χ3v) is 13.3. The Bertz CT molecular complexity index is 1790. The zero-order valence-corrected chi connectivity index (χ0v) is 51.5. The highest BCUT2D eigenvalue weighted by Crippen LogP contribution is 2.15. The van der Waals surface area contributed by atoms with E-state index in [0.717, 1.165) is 128 Å². The fraction of sp³-hybridized carbons (Fsp3) is 0.608. The molecule has 6 heteroatoms. The van der Waals surface area contributed by atoms with Gasteiger partial charge in [-0.2, -0.15) is 0 Å². The van der Waals surface area contributed by atoms with Gasteiger partial charge in [-0.1, -0.05) is 288 Å². The van der Waals surface area contributed by atoms with E-state index in [9.17, 15) is 14.4 Å². The van der Waals surface area contributed by atoms with Crippen LogP contribution in [-0.2, 0) is 28.6 Å². The van der Waals surface area contributed by atoms with Crippen LogP contribution in [0.1, 0.15) is 271 Å². The Morgan fingerprint density at radius 1 is 0.263 bits per heavy atom. The summed E-state index contributed by atoms with van der Waals surface area (Å²) < 4.78 is 16.8. The molecule has 6 nitrogen and oxygen atoms in total. The van der Waals surface area contributed by atoms with E-state index in [-0.39, 0.29) is 37.5 Å². The number of unbranched alkanes of at least 4 members (excludes halogenated alkanes) is 20. The minimum atomic E-state index is -0.814. The van der Waals surface area contributed by atoms with E-state index in [2.05, 4.69) is 179 Å². The molecule has 80 heavy (non-hydrogen) atoms. The average molecular weight is 1100 g/mol. The van der Waals surface area contributed by atoms with Gasteiger partial charge in [-0.25, -0.2) is 0 Å². The van der Waals surface area contributed by atoms with E-state index >= 15 is 0 Å². The lowest BCUT2D eigenvalue weighted by Gasteiger charge is -2.18. The summed E-state index contributed by atoms with van der Waals surface area (Å²) in [7, 11) is 0. The van der Waals surface area contributed by atoms with Gasteiger partial charge in [0.15, 0.2) is 6.10 Å². The highest BCUT2D eigenvalue weighted by atomic mass is 16.6. The first-order chi connectivity index (χ1) is 39.5. The fourth-order valence-corrected chi connectivity index (χ4v) is 8.49. The molecule has 0 aromatic rings. The molecule has 450 valence electrons. The van der Waals surface area contributed by atoms with Crippen molar-refractivity contribution >= 4 is 17.9 Å². The molecule has 0 saturated carbocycles. The maximum Gasteiger partial charge on any atom is 0.306 e. The molecule has 0 aliphatic heterocycles. The van der Waals surface area contributed by atoms with Crippen LogP contribution < -0.4 is 0 Å². The minimum absolute atomic E-state index is 0.105. The first-order valence-corrected chi connectivity index (χ1v) is 32.5. The molecule has 0 saturated heterocycles. The van der Waals surface area contributed by atoms with Gasteiger partial charge in [0.05, 0.1) is 0 Å². The average Bonchev–Trinajstić information content (AvgIpc) is 3.46. The van der Waals surface area contributed by atoms with Gasteiger partial charge in [-0.3, -0.25) is 14.4 Å². The topological polar surface area (TPSA) is 78.9 Å². The quantitative estimate of drug-likeness (QED) is 0.0261. The molecule has 0 radical (unpaired) electrons. The van der Waals surface area contributed by atoms with Crippen LogP contribution >= 0.6 is 0 Å². The maximum absolute atomic E-state index is 12.9. The summed E-state index contributed by atoms with van der Waals surface area (Å²) in [5.41, 5.74) is 0. The smallest absolute Gasteiger partial charge is 0.306 e. The normalized spacial score (nSPS) is 13.2. The zero-order chi connectivity index (χ0) is 57.8. The van der Waals surface area contributed by atoms with Gasteiger partial charge in [0.2, 0.25) is 0 Å². The van der Waals surface area contributed by atoms with Gasteiger partial charge >= 0.3 is 17.9 Å². The second kappa shape index (κ2) is 66.5. The molecule has 0 spiro atoms. The molecular weight excluding hydrogens is 985 g/mol. The molecular formula is C74H118O6. The van der Waals surface area contributed by atoms with Crippen LogP contribution in [0.25, 0.3) is 0 Å². The lowest BCUT2D eigenvalue weighted by atomic mass is 10.0. The van der Waals surface area contributed by atoms with Crippen LogP contribution in [0, 0.1) is 0 Å². The molecule has 0 bridgehead atoms. The predicted molar refractivity (Wildman–Crippen MR) is 348 cm³/mol. The number of rotatable bonds is 57. The van der Waals surface area contributed by atoms with Gasteiger partial charge in [0.1, 0.15) is 13.2 Å². The van der Waals surface area contributed by atoms with Crippen molar-refractivity contribution in [3.63, 3.8) is 0 Å². The molecule has 0 heterocycles. The Kier molecular flexibility index (Phi) is 62.4. The third kappa shape index (κ3) is 63.9. The molecule has 0 amide bonds. The Hall–Kier alpha value is -4.97. The van der Waals surface area contributed by atoms with Crippen LogP contribution in [0.2, 0.25) is 0 Å². The number of carbonyl (C=O) groups excluding carboxylic acids is 3. The lowest BCUT2D eigenvalue weighted by Crippen LogP contribution is -2.30. The number of esters is 3. The molecule has 0 aromatic carbocycles. The van der Waals surface area contributed by atoms with Crippen molar-refractivity contribution in [3.8, 4) is 0 Å². The number of hydrogen-bond donors (Lipinski definition) is 0. The second-order valence-electron chi connectivity index (χ2n) is 20.9. The number of hydrogen-bond acceptors (Lipinski definition) is 6. The molecule has 0 aromatic heterocycles. The summed E-state index contributed by atoms with van der Waals surface area (Å²) in [6.07, 6.45) is 97.0. The van der Waals surface area contributed by atoms with Crippen molar-refractivity contribution in [3.05, 3.63) is 158 Å². The first kappa shape index (κ1) is 75.0. The lowest BCUT2D eigenvalue weighted by molar-refractivity contribution is -0.167. The number of allylic oxidation sites excluding steroid dienone is 26. The van der Waals surface area contributed by atoms with Gasteiger partial charge in [-0.15, -0.1) is 0 Å². The van der Waals surface area contributed by atoms with E-state index in [1.807, 2.05) is 0 Å². The van der Waals surface area contributed by atoms with Crippen molar-refractivity contribution < 1.29 is 28.6 Å². The van der Waals surface area contributed by atoms with Gasteiger partial charge in [0.25, 0.3) is 0 Å². The van der Waals surface area contributed by atoms with Crippen molar-refractivity contribution in [1.82, 2.24) is 0 Å². The fourth-order valence-electron chi connectivity index (χ4n) is 8.49. The van der Waals surface area contributed by atoms with Crippen LogP contribution in [-0.4, -0.2) is 37.2 Å². The predicted octanol–water partition coefficient (Wildman–Crippen LogP) is 22.5. The van der Waals surface area contributed by atoms with E-state index in [0.29, 0.717) is 19.3 Å². The van der Waals surface area contributed by atoms with E-state index in [1.165, 1.54) is 96.3 Å². The molecule has 0 N–H and O–H groups in total. The highest BCUT2D eigenvalue weighted by molar-refractivity contribution is 5.71. The summed E-state index contributed by atoms with van der Waals surface area (Å²) in [4.78, 5) is 38.1.